The third-order valence-corrected chi connectivity index (χ3v) is 6.15. The van der Waals surface area contributed by atoms with Gasteiger partial charge >= 0.3 is 5.97 Å². The number of rotatable bonds is 15. The molecule has 0 aromatic heterocycles. The molecule has 0 heterocycles. The Morgan fingerprint density at radius 2 is 1.26 bits per heavy atom. The van der Waals surface area contributed by atoms with Gasteiger partial charge in [-0.3, -0.25) is 19.2 Å². The van der Waals surface area contributed by atoms with Crippen LogP contribution in [0.25, 0.3) is 0 Å². The first-order valence-corrected chi connectivity index (χ1v) is 12.7. The van der Waals surface area contributed by atoms with E-state index in [0.29, 0.717) is 5.56 Å². The Bertz CT molecular complexity index is 1150. The molecule has 4 unspecified atom stereocenters. The topological polar surface area (TPSA) is 214 Å². The molecule has 2 aromatic carbocycles. The summed E-state index contributed by atoms with van der Waals surface area (Å²) in [5.74, 6) is -4.23. The van der Waals surface area contributed by atoms with Crippen molar-refractivity contribution in [1.82, 2.24) is 16.0 Å². The Morgan fingerprint density at radius 1 is 0.769 bits per heavy atom. The van der Waals surface area contributed by atoms with Gasteiger partial charge in [0.05, 0.1) is 6.04 Å². The summed E-state index contributed by atoms with van der Waals surface area (Å²) in [6.45, 7) is 0. The normalized spacial score (nSPS) is 13.8. The molecule has 9 N–H and O–H groups in total. The number of amides is 4. The number of phenolic OH excluding ortho intramolecular Hbond substituents is 1. The minimum absolute atomic E-state index is 0.00709. The van der Waals surface area contributed by atoms with Crippen LogP contribution >= 0.6 is 12.6 Å². The number of primary amides is 1. The monoisotopic (exact) mass is 559 g/mol. The Morgan fingerprint density at radius 3 is 1.74 bits per heavy atom. The Kier molecular flexibility index (Phi) is 12.2. The number of aliphatic carboxylic acids is 1. The first-order chi connectivity index (χ1) is 18.5. The fourth-order valence-corrected chi connectivity index (χ4v) is 3.75. The van der Waals surface area contributed by atoms with Crippen molar-refractivity contribution < 1.29 is 34.2 Å². The first kappa shape index (κ1) is 31.1. The van der Waals surface area contributed by atoms with E-state index in [9.17, 15) is 34.2 Å². The number of nitrogens with one attached hydrogen (secondary N) is 3. The van der Waals surface area contributed by atoms with Gasteiger partial charge in [0, 0.05) is 25.0 Å². The second kappa shape index (κ2) is 15.3. The number of nitrogens with two attached hydrogens (primary N) is 2. The number of carbonyl (C=O) groups is 5. The van der Waals surface area contributed by atoms with Crippen molar-refractivity contribution in [3.05, 3.63) is 65.7 Å². The van der Waals surface area contributed by atoms with Crippen molar-refractivity contribution in [2.24, 2.45) is 11.5 Å². The first-order valence-electron chi connectivity index (χ1n) is 12.1. The Hall–Kier alpha value is -4.10. The van der Waals surface area contributed by atoms with E-state index < -0.39 is 53.8 Å². The van der Waals surface area contributed by atoms with Crippen molar-refractivity contribution in [3.8, 4) is 5.75 Å². The molecule has 2 rings (SSSR count). The zero-order valence-electron chi connectivity index (χ0n) is 21.1. The van der Waals surface area contributed by atoms with E-state index in [-0.39, 0.29) is 37.2 Å². The summed E-state index contributed by atoms with van der Waals surface area (Å²) in [5, 5.41) is 26.6. The van der Waals surface area contributed by atoms with Gasteiger partial charge in [-0.25, -0.2) is 4.79 Å². The maximum absolute atomic E-state index is 13.4. The van der Waals surface area contributed by atoms with E-state index >= 15 is 0 Å². The number of aromatic hydroxyl groups is 1. The Balaban J connectivity index is 2.31. The van der Waals surface area contributed by atoms with Gasteiger partial charge in [-0.1, -0.05) is 42.5 Å². The van der Waals surface area contributed by atoms with Crippen molar-refractivity contribution in [1.29, 1.82) is 0 Å². The highest BCUT2D eigenvalue weighted by atomic mass is 32.1. The minimum Gasteiger partial charge on any atom is -0.508 e. The molecule has 0 saturated heterocycles. The van der Waals surface area contributed by atoms with E-state index in [2.05, 4.69) is 28.6 Å². The fourth-order valence-electron chi connectivity index (χ4n) is 3.59. The Labute approximate surface area is 230 Å². The van der Waals surface area contributed by atoms with Crippen molar-refractivity contribution in [2.75, 3.05) is 5.75 Å². The largest absolute Gasteiger partial charge is 0.508 e. The quantitative estimate of drug-likeness (QED) is 0.130. The SMILES string of the molecule is NC(=O)CCC(NC(=O)C(Cc1ccc(O)cc1)NC(=O)C(Cc1ccccc1)NC(=O)C(N)CS)C(=O)O. The van der Waals surface area contributed by atoms with Gasteiger partial charge in [0.1, 0.15) is 23.9 Å². The molecule has 0 radical (unpaired) electrons. The number of carboxylic acid groups (broad SMARTS) is 1. The highest BCUT2D eigenvalue weighted by Crippen LogP contribution is 2.13. The van der Waals surface area contributed by atoms with Crippen molar-refractivity contribution in [2.45, 2.75) is 49.9 Å². The number of carbonyl (C=O) groups excluding carboxylic acids is 4. The second-order valence-electron chi connectivity index (χ2n) is 8.88. The molecular formula is C26H33N5O7S. The molecule has 12 nitrogen and oxygen atoms in total. The lowest BCUT2D eigenvalue weighted by atomic mass is 10.0. The average Bonchev–Trinajstić information content (AvgIpc) is 2.90. The van der Waals surface area contributed by atoms with Crippen LogP contribution < -0.4 is 27.4 Å². The van der Waals surface area contributed by atoms with Gasteiger partial charge in [-0.15, -0.1) is 0 Å². The molecule has 0 fully saturated rings. The lowest BCUT2D eigenvalue weighted by molar-refractivity contribution is -0.142. The van der Waals surface area contributed by atoms with E-state index in [0.717, 1.165) is 5.56 Å². The molecular weight excluding hydrogens is 526 g/mol. The second-order valence-corrected chi connectivity index (χ2v) is 9.24. The smallest absolute Gasteiger partial charge is 0.326 e. The van der Waals surface area contributed by atoms with Crippen LogP contribution in [0.2, 0.25) is 0 Å². The van der Waals surface area contributed by atoms with Crippen LogP contribution in [0.4, 0.5) is 0 Å². The predicted octanol–water partition coefficient (Wildman–Crippen LogP) is -0.761. The molecule has 0 spiro atoms. The van der Waals surface area contributed by atoms with Crippen LogP contribution in [-0.2, 0) is 36.8 Å². The molecule has 4 amide bonds. The molecule has 39 heavy (non-hydrogen) atoms. The molecule has 0 bridgehead atoms. The lowest BCUT2D eigenvalue weighted by Crippen LogP contribution is -2.58. The highest BCUT2D eigenvalue weighted by molar-refractivity contribution is 7.80. The fraction of sp³-hybridized carbons (Fsp3) is 0.346. The maximum atomic E-state index is 13.4. The maximum Gasteiger partial charge on any atom is 0.326 e. The molecule has 0 saturated carbocycles. The summed E-state index contributed by atoms with van der Waals surface area (Å²) in [6, 6.07) is 9.94. The van der Waals surface area contributed by atoms with Crippen LogP contribution in [-0.4, -0.2) is 69.7 Å². The van der Waals surface area contributed by atoms with Gasteiger partial charge in [-0.05, 0) is 29.7 Å². The number of hydrogen-bond donors (Lipinski definition) is 8. The predicted molar refractivity (Wildman–Crippen MR) is 146 cm³/mol. The van der Waals surface area contributed by atoms with Gasteiger partial charge in [0.2, 0.25) is 23.6 Å². The third-order valence-electron chi connectivity index (χ3n) is 5.75. The van der Waals surface area contributed by atoms with Crippen LogP contribution in [0, 0.1) is 0 Å². The van der Waals surface area contributed by atoms with Gasteiger partial charge in [0.25, 0.3) is 0 Å². The minimum atomic E-state index is -1.43. The van der Waals surface area contributed by atoms with Crippen LogP contribution in [0.3, 0.4) is 0 Å². The van der Waals surface area contributed by atoms with Gasteiger partial charge in [-0.2, -0.15) is 12.6 Å². The number of phenols is 1. The van der Waals surface area contributed by atoms with E-state index in [1.807, 2.05) is 0 Å². The van der Waals surface area contributed by atoms with E-state index in [1.54, 1.807) is 42.5 Å². The molecule has 0 aliphatic carbocycles. The van der Waals surface area contributed by atoms with Crippen molar-refractivity contribution in [3.63, 3.8) is 0 Å². The summed E-state index contributed by atoms with van der Waals surface area (Å²) in [7, 11) is 0. The average molecular weight is 560 g/mol. The summed E-state index contributed by atoms with van der Waals surface area (Å²) in [4.78, 5) is 61.9. The van der Waals surface area contributed by atoms with Crippen LogP contribution in [0.15, 0.2) is 54.6 Å². The van der Waals surface area contributed by atoms with Gasteiger partial charge < -0.3 is 37.6 Å². The third kappa shape index (κ3) is 10.7. The zero-order valence-corrected chi connectivity index (χ0v) is 22.0. The molecule has 4 atom stereocenters. The summed E-state index contributed by atoms with van der Waals surface area (Å²) in [6.07, 6.45) is -0.503. The van der Waals surface area contributed by atoms with E-state index in [4.69, 9.17) is 11.5 Å². The summed E-state index contributed by atoms with van der Waals surface area (Å²) < 4.78 is 0. The van der Waals surface area contributed by atoms with Crippen molar-refractivity contribution >= 4 is 42.2 Å². The highest BCUT2D eigenvalue weighted by Gasteiger charge is 2.30. The number of thiol groups is 1. The van der Waals surface area contributed by atoms with E-state index in [1.165, 1.54) is 12.1 Å². The molecule has 0 aliphatic heterocycles. The molecule has 210 valence electrons. The molecule has 0 aliphatic rings. The summed E-state index contributed by atoms with van der Waals surface area (Å²) in [5.41, 5.74) is 12.2. The lowest BCUT2D eigenvalue weighted by Gasteiger charge is -2.25. The summed E-state index contributed by atoms with van der Waals surface area (Å²) >= 11 is 4.02. The van der Waals surface area contributed by atoms with Crippen LogP contribution in [0.5, 0.6) is 5.75 Å². The van der Waals surface area contributed by atoms with Gasteiger partial charge in [0.15, 0.2) is 0 Å². The zero-order chi connectivity index (χ0) is 28.9. The number of carboxylic acids is 1. The molecule has 2 aromatic rings. The number of hydrogen-bond acceptors (Lipinski definition) is 8. The molecule has 13 heteroatoms. The standard InChI is InChI=1S/C26H33N5O7S/c27-18(14-39)23(34)30-20(12-15-4-2-1-3-5-15)25(36)31-21(13-16-6-8-17(32)9-7-16)24(35)29-19(26(37)38)10-11-22(28)33/h1-9,18-21,32,39H,10-14,27H2,(H2,28,33)(H,29,35)(H,30,34)(H,31,36)(H,37,38). The van der Waals surface area contributed by atoms with Crippen LogP contribution in [0.1, 0.15) is 24.0 Å². The number of benzene rings is 2.